The molecular formula is C27H31N2O+. The molecule has 0 radical (unpaired) electrons. The fourth-order valence-corrected chi connectivity index (χ4v) is 4.49. The first-order chi connectivity index (χ1) is 14.8. The van der Waals surface area contributed by atoms with Gasteiger partial charge in [-0.15, -0.1) is 0 Å². The van der Waals surface area contributed by atoms with Gasteiger partial charge in [0.2, 0.25) is 5.91 Å². The smallest absolute Gasteiger partial charge is 0.227 e. The van der Waals surface area contributed by atoms with Crippen LogP contribution in [0.5, 0.6) is 0 Å². The van der Waals surface area contributed by atoms with Gasteiger partial charge in [0.05, 0.1) is 13.1 Å². The van der Waals surface area contributed by atoms with Crippen molar-refractivity contribution in [2.45, 2.75) is 38.3 Å². The molecule has 1 N–H and O–H groups in total. The van der Waals surface area contributed by atoms with E-state index in [0.717, 1.165) is 44.6 Å². The van der Waals surface area contributed by atoms with E-state index in [2.05, 4.69) is 59.5 Å². The normalized spacial score (nSPS) is 18.7. The third-order valence-electron chi connectivity index (χ3n) is 6.10. The molecule has 3 heteroatoms. The first-order valence-electron chi connectivity index (χ1n) is 11.1. The molecular weight excluding hydrogens is 368 g/mol. The maximum absolute atomic E-state index is 13.3. The van der Waals surface area contributed by atoms with Gasteiger partial charge in [0.15, 0.2) is 0 Å². The SMILES string of the molecule is O=C(CCc1ccccc1)N(c1ccccc1)C1CC[NH+](Cc2ccccc2)CC1. The van der Waals surface area contributed by atoms with E-state index in [1.807, 2.05) is 36.4 Å². The molecule has 0 spiro atoms. The number of amides is 1. The first kappa shape index (κ1) is 20.4. The highest BCUT2D eigenvalue weighted by molar-refractivity contribution is 5.94. The van der Waals surface area contributed by atoms with Crippen LogP contribution in [0.15, 0.2) is 91.0 Å². The second-order valence-corrected chi connectivity index (χ2v) is 8.23. The lowest BCUT2D eigenvalue weighted by molar-refractivity contribution is -0.918. The number of hydrogen-bond acceptors (Lipinski definition) is 1. The van der Waals surface area contributed by atoms with Gasteiger partial charge in [0.25, 0.3) is 0 Å². The lowest BCUT2D eigenvalue weighted by Gasteiger charge is -2.37. The summed E-state index contributed by atoms with van der Waals surface area (Å²) in [6.07, 6.45) is 3.44. The minimum absolute atomic E-state index is 0.238. The standard InChI is InChI=1S/C27H30N2O/c30-27(17-16-23-10-4-1-5-11-23)29(25-14-8-3-9-15-25)26-18-20-28(21-19-26)22-24-12-6-2-7-13-24/h1-15,26H,16-22H2/p+1. The van der Waals surface area contributed by atoms with Crippen LogP contribution < -0.4 is 9.80 Å². The van der Waals surface area contributed by atoms with Crippen molar-refractivity contribution in [2.24, 2.45) is 0 Å². The van der Waals surface area contributed by atoms with Crippen LogP contribution in [0.2, 0.25) is 0 Å². The number of quaternary nitrogens is 1. The van der Waals surface area contributed by atoms with Crippen LogP contribution in [0.25, 0.3) is 0 Å². The average Bonchev–Trinajstić information content (AvgIpc) is 2.81. The number of hydrogen-bond donors (Lipinski definition) is 1. The summed E-state index contributed by atoms with van der Waals surface area (Å²) in [6, 6.07) is 31.5. The zero-order valence-corrected chi connectivity index (χ0v) is 17.5. The molecule has 4 rings (SSSR count). The Balaban J connectivity index is 1.41. The quantitative estimate of drug-likeness (QED) is 0.640. The number of nitrogens with zero attached hydrogens (tertiary/aromatic N) is 1. The van der Waals surface area contributed by atoms with Crippen molar-refractivity contribution in [3.8, 4) is 0 Å². The molecule has 0 bridgehead atoms. The summed E-state index contributed by atoms with van der Waals surface area (Å²) >= 11 is 0. The van der Waals surface area contributed by atoms with Gasteiger partial charge in [0, 0.05) is 36.6 Å². The fourth-order valence-electron chi connectivity index (χ4n) is 4.49. The molecule has 1 aliphatic rings. The Morgan fingerprint density at radius 2 is 1.30 bits per heavy atom. The van der Waals surface area contributed by atoms with Crippen LogP contribution in [0.3, 0.4) is 0 Å². The Morgan fingerprint density at radius 3 is 1.90 bits per heavy atom. The Morgan fingerprint density at radius 1 is 0.767 bits per heavy atom. The van der Waals surface area contributed by atoms with Crippen LogP contribution in [0, 0.1) is 0 Å². The summed E-state index contributed by atoms with van der Waals surface area (Å²) in [5.74, 6) is 0.238. The fraction of sp³-hybridized carbons (Fsp3) is 0.296. The predicted octanol–water partition coefficient (Wildman–Crippen LogP) is 3.90. The Hall–Kier alpha value is -2.91. The van der Waals surface area contributed by atoms with E-state index < -0.39 is 0 Å². The topological polar surface area (TPSA) is 24.8 Å². The molecule has 1 aliphatic heterocycles. The summed E-state index contributed by atoms with van der Waals surface area (Å²) < 4.78 is 0. The van der Waals surface area contributed by atoms with Crippen molar-refractivity contribution in [3.05, 3.63) is 102 Å². The van der Waals surface area contributed by atoms with Gasteiger partial charge >= 0.3 is 0 Å². The second-order valence-electron chi connectivity index (χ2n) is 8.23. The van der Waals surface area contributed by atoms with E-state index in [-0.39, 0.29) is 11.9 Å². The number of carbonyl (C=O) groups is 1. The molecule has 3 aromatic rings. The predicted molar refractivity (Wildman–Crippen MR) is 123 cm³/mol. The summed E-state index contributed by atoms with van der Waals surface area (Å²) in [7, 11) is 0. The van der Waals surface area contributed by atoms with Gasteiger partial charge in [-0.25, -0.2) is 0 Å². The van der Waals surface area contributed by atoms with Crippen molar-refractivity contribution in [1.82, 2.24) is 0 Å². The molecule has 0 unspecified atom stereocenters. The van der Waals surface area contributed by atoms with E-state index in [0.29, 0.717) is 6.42 Å². The highest BCUT2D eigenvalue weighted by atomic mass is 16.2. The number of para-hydroxylation sites is 1. The summed E-state index contributed by atoms with van der Waals surface area (Å²) in [5.41, 5.74) is 3.65. The van der Waals surface area contributed by atoms with Crippen LogP contribution >= 0.6 is 0 Å². The summed E-state index contributed by atoms with van der Waals surface area (Å²) in [5, 5.41) is 0. The Labute approximate surface area is 180 Å². The number of aryl methyl sites for hydroxylation is 1. The number of anilines is 1. The van der Waals surface area contributed by atoms with Gasteiger partial charge in [-0.05, 0) is 24.1 Å². The molecule has 1 saturated heterocycles. The first-order valence-corrected chi connectivity index (χ1v) is 11.1. The molecule has 0 atom stereocenters. The van der Waals surface area contributed by atoms with E-state index in [4.69, 9.17) is 0 Å². The third-order valence-corrected chi connectivity index (χ3v) is 6.10. The molecule has 0 saturated carbocycles. The molecule has 3 aromatic carbocycles. The van der Waals surface area contributed by atoms with Gasteiger partial charge in [0.1, 0.15) is 6.54 Å². The maximum Gasteiger partial charge on any atom is 0.227 e. The van der Waals surface area contributed by atoms with Gasteiger partial charge in [-0.1, -0.05) is 78.9 Å². The maximum atomic E-state index is 13.3. The van der Waals surface area contributed by atoms with E-state index in [9.17, 15) is 4.79 Å². The van der Waals surface area contributed by atoms with E-state index in [1.54, 1.807) is 4.90 Å². The zero-order valence-electron chi connectivity index (χ0n) is 17.5. The van der Waals surface area contributed by atoms with E-state index in [1.165, 1.54) is 11.1 Å². The third kappa shape index (κ3) is 5.37. The van der Waals surface area contributed by atoms with Gasteiger partial charge in [-0.2, -0.15) is 0 Å². The molecule has 0 aliphatic carbocycles. The summed E-state index contributed by atoms with van der Waals surface area (Å²) in [6.45, 7) is 3.28. The van der Waals surface area contributed by atoms with Crippen molar-refractivity contribution in [2.75, 3.05) is 18.0 Å². The Kier molecular flexibility index (Phi) is 6.94. The second kappa shape index (κ2) is 10.2. The van der Waals surface area contributed by atoms with E-state index >= 15 is 0 Å². The number of benzene rings is 3. The lowest BCUT2D eigenvalue weighted by Crippen LogP contribution is -3.12. The number of nitrogens with one attached hydrogen (secondary N) is 1. The van der Waals surface area contributed by atoms with Crippen molar-refractivity contribution in [3.63, 3.8) is 0 Å². The van der Waals surface area contributed by atoms with Crippen LogP contribution in [-0.4, -0.2) is 25.0 Å². The molecule has 1 fully saturated rings. The number of rotatable bonds is 7. The van der Waals surface area contributed by atoms with Crippen LogP contribution in [-0.2, 0) is 17.8 Å². The average molecular weight is 400 g/mol. The highest BCUT2D eigenvalue weighted by Crippen LogP contribution is 2.23. The van der Waals surface area contributed by atoms with Crippen molar-refractivity contribution in [1.29, 1.82) is 0 Å². The molecule has 1 heterocycles. The number of piperidine rings is 1. The Bertz CT molecular complexity index is 903. The lowest BCUT2D eigenvalue weighted by atomic mass is 10.00. The highest BCUT2D eigenvalue weighted by Gasteiger charge is 2.30. The largest absolute Gasteiger partial charge is 0.331 e. The number of likely N-dealkylation sites (tertiary alicyclic amines) is 1. The minimum Gasteiger partial charge on any atom is -0.331 e. The minimum atomic E-state index is 0.238. The van der Waals surface area contributed by atoms with Crippen LogP contribution in [0.1, 0.15) is 30.4 Å². The molecule has 30 heavy (non-hydrogen) atoms. The number of carbonyl (C=O) groups excluding carboxylic acids is 1. The molecule has 154 valence electrons. The molecule has 0 aromatic heterocycles. The molecule has 1 amide bonds. The van der Waals surface area contributed by atoms with Crippen molar-refractivity contribution >= 4 is 11.6 Å². The van der Waals surface area contributed by atoms with Crippen LogP contribution in [0.4, 0.5) is 5.69 Å². The summed E-state index contributed by atoms with van der Waals surface area (Å²) in [4.78, 5) is 17.0. The van der Waals surface area contributed by atoms with Crippen molar-refractivity contribution < 1.29 is 9.69 Å². The van der Waals surface area contributed by atoms with Gasteiger partial charge in [-0.3, -0.25) is 4.79 Å². The zero-order chi connectivity index (χ0) is 20.6. The van der Waals surface area contributed by atoms with Gasteiger partial charge < -0.3 is 9.80 Å². The monoisotopic (exact) mass is 399 g/mol. The molecule has 3 nitrogen and oxygen atoms in total.